The highest BCUT2D eigenvalue weighted by atomic mass is 32.1. The van der Waals surface area contributed by atoms with Crippen molar-refractivity contribution < 1.29 is 18.7 Å². The Labute approximate surface area is 270 Å². The molecule has 234 valence electrons. The van der Waals surface area contributed by atoms with Crippen molar-refractivity contribution in [2.75, 3.05) is 6.61 Å². The zero-order valence-corrected chi connectivity index (χ0v) is 27.2. The second-order valence-electron chi connectivity index (χ2n) is 11.3. The van der Waals surface area contributed by atoms with E-state index in [0.29, 0.717) is 33.0 Å². The zero-order valence-electron chi connectivity index (χ0n) is 26.3. The Morgan fingerprint density at radius 3 is 2.35 bits per heavy atom. The summed E-state index contributed by atoms with van der Waals surface area (Å²) in [6.45, 7) is 10.2. The summed E-state index contributed by atoms with van der Waals surface area (Å²) in [5, 5.41) is 0. The van der Waals surface area contributed by atoms with Crippen molar-refractivity contribution in [2.45, 2.75) is 47.3 Å². The van der Waals surface area contributed by atoms with E-state index in [1.807, 2.05) is 75.4 Å². The number of nitrogens with zero attached hydrogens (tertiary/aromatic N) is 3. The third-order valence-electron chi connectivity index (χ3n) is 8.08. The van der Waals surface area contributed by atoms with Crippen LogP contribution in [0.15, 0.2) is 99.9 Å². The first-order chi connectivity index (χ1) is 22.1. The van der Waals surface area contributed by atoms with Gasteiger partial charge in [0, 0.05) is 17.1 Å². The molecule has 1 atom stereocenters. The summed E-state index contributed by atoms with van der Waals surface area (Å²) < 4.78 is 28.8. The van der Waals surface area contributed by atoms with Crippen LogP contribution in [0.2, 0.25) is 0 Å². The van der Waals surface area contributed by atoms with Crippen molar-refractivity contribution in [3.8, 4) is 11.4 Å². The summed E-state index contributed by atoms with van der Waals surface area (Å²) >= 11 is 1.31. The second-order valence-corrected chi connectivity index (χ2v) is 12.3. The first-order valence-electron chi connectivity index (χ1n) is 15.1. The first-order valence-corrected chi connectivity index (χ1v) is 15.9. The molecule has 0 N–H and O–H groups in total. The Morgan fingerprint density at radius 1 is 0.978 bits per heavy atom. The van der Waals surface area contributed by atoms with Gasteiger partial charge >= 0.3 is 5.97 Å². The number of esters is 1. The predicted octanol–water partition coefficient (Wildman–Crippen LogP) is 6.23. The van der Waals surface area contributed by atoms with E-state index in [1.165, 1.54) is 23.5 Å². The van der Waals surface area contributed by atoms with Crippen molar-refractivity contribution in [3.05, 3.63) is 149 Å². The van der Waals surface area contributed by atoms with Gasteiger partial charge < -0.3 is 14.0 Å². The highest BCUT2D eigenvalue weighted by Gasteiger charge is 2.33. The van der Waals surface area contributed by atoms with Gasteiger partial charge in [0.1, 0.15) is 18.2 Å². The minimum Gasteiger partial charge on any atom is -0.489 e. The first kappa shape index (κ1) is 31.0. The summed E-state index contributed by atoms with van der Waals surface area (Å²) in [6, 6.07) is 23.3. The Morgan fingerprint density at radius 2 is 1.67 bits per heavy atom. The number of rotatable bonds is 8. The van der Waals surface area contributed by atoms with Gasteiger partial charge in [-0.1, -0.05) is 53.3 Å². The molecule has 7 nitrogen and oxygen atoms in total. The third kappa shape index (κ3) is 5.98. The molecule has 0 spiro atoms. The van der Waals surface area contributed by atoms with Gasteiger partial charge in [0.2, 0.25) is 0 Å². The smallest absolute Gasteiger partial charge is 0.338 e. The fraction of sp³-hybridized carbons (Fsp3) is 0.216. The van der Waals surface area contributed by atoms with Gasteiger partial charge in [0.25, 0.3) is 5.56 Å². The summed E-state index contributed by atoms with van der Waals surface area (Å²) in [6.07, 6.45) is 1.90. The number of hydrogen-bond donors (Lipinski definition) is 0. The molecule has 0 unspecified atom stereocenters. The standard InChI is InChI=1S/C37H34FN3O4S/c1-6-44-36(43)33-24(4)39-37-41(34(33)27-11-7-22(2)8-12-27)35(42)32(46-37)20-28-19-23(3)40(25(28)5)30-15-17-31(18-16-30)45-21-26-9-13-29(38)14-10-26/h7-20,34H,6,21H2,1-5H3/b32-20-/t34-/m1/s1. The van der Waals surface area contributed by atoms with Crippen LogP contribution in [0.25, 0.3) is 11.8 Å². The molecule has 3 aromatic carbocycles. The van der Waals surface area contributed by atoms with Gasteiger partial charge in [-0.2, -0.15) is 0 Å². The number of carbonyl (C=O) groups excluding carboxylic acids is 1. The van der Waals surface area contributed by atoms with Gasteiger partial charge in [-0.05, 0) is 99.8 Å². The number of ether oxygens (including phenoxy) is 2. The fourth-order valence-corrected chi connectivity index (χ4v) is 6.80. The van der Waals surface area contributed by atoms with E-state index in [2.05, 4.69) is 10.6 Å². The molecule has 5 aromatic rings. The molecule has 0 radical (unpaired) electrons. The minimum atomic E-state index is -0.644. The average molecular weight is 636 g/mol. The topological polar surface area (TPSA) is 74.8 Å². The molecular weight excluding hydrogens is 601 g/mol. The molecule has 9 heteroatoms. The lowest BCUT2D eigenvalue weighted by atomic mass is 9.95. The fourth-order valence-electron chi connectivity index (χ4n) is 5.77. The molecule has 0 aliphatic carbocycles. The van der Waals surface area contributed by atoms with Crippen LogP contribution in [0, 0.1) is 26.6 Å². The summed E-state index contributed by atoms with van der Waals surface area (Å²) in [7, 11) is 0. The lowest BCUT2D eigenvalue weighted by molar-refractivity contribution is -0.139. The molecule has 2 aromatic heterocycles. The molecule has 0 fully saturated rings. The van der Waals surface area contributed by atoms with Crippen LogP contribution in [0.4, 0.5) is 4.39 Å². The second kappa shape index (κ2) is 12.8. The predicted molar refractivity (Wildman–Crippen MR) is 178 cm³/mol. The molecule has 0 bridgehead atoms. The van der Waals surface area contributed by atoms with E-state index in [4.69, 9.17) is 14.5 Å². The lowest BCUT2D eigenvalue weighted by Crippen LogP contribution is -2.39. The van der Waals surface area contributed by atoms with Crippen molar-refractivity contribution in [1.29, 1.82) is 0 Å². The molecule has 1 aliphatic rings. The normalized spacial score (nSPS) is 14.7. The zero-order chi connectivity index (χ0) is 32.5. The minimum absolute atomic E-state index is 0.212. The van der Waals surface area contributed by atoms with Gasteiger partial charge in [0.05, 0.1) is 28.5 Å². The largest absolute Gasteiger partial charge is 0.489 e. The van der Waals surface area contributed by atoms with Crippen LogP contribution < -0.4 is 19.6 Å². The number of aromatic nitrogens is 2. The quantitative estimate of drug-likeness (QED) is 0.190. The van der Waals surface area contributed by atoms with Crippen molar-refractivity contribution in [2.24, 2.45) is 4.99 Å². The molecule has 1 aliphatic heterocycles. The highest BCUT2D eigenvalue weighted by Crippen LogP contribution is 2.31. The monoisotopic (exact) mass is 635 g/mol. The molecule has 46 heavy (non-hydrogen) atoms. The van der Waals surface area contributed by atoms with Crippen molar-refractivity contribution >= 4 is 23.4 Å². The van der Waals surface area contributed by atoms with Crippen LogP contribution in [0.5, 0.6) is 5.75 Å². The molecule has 3 heterocycles. The molecule has 0 amide bonds. The molecule has 6 rings (SSSR count). The SMILES string of the molecule is CCOC(=O)C1=C(C)N=c2s/c(=C\c3cc(C)n(-c4ccc(OCc5ccc(F)cc5)cc4)c3C)c(=O)n2[C@@H]1c1ccc(C)cc1. The van der Waals surface area contributed by atoms with Gasteiger partial charge in [-0.15, -0.1) is 0 Å². The van der Waals surface area contributed by atoms with Crippen LogP contribution >= 0.6 is 11.3 Å². The summed E-state index contributed by atoms with van der Waals surface area (Å²) in [5.41, 5.74) is 7.33. The van der Waals surface area contributed by atoms with Crippen LogP contribution in [0.3, 0.4) is 0 Å². The van der Waals surface area contributed by atoms with Crippen LogP contribution in [-0.2, 0) is 16.1 Å². The lowest BCUT2D eigenvalue weighted by Gasteiger charge is -2.24. The van der Waals surface area contributed by atoms with E-state index in [9.17, 15) is 14.0 Å². The van der Waals surface area contributed by atoms with Gasteiger partial charge in [0.15, 0.2) is 4.80 Å². The highest BCUT2D eigenvalue weighted by molar-refractivity contribution is 7.07. The maximum atomic E-state index is 14.1. The van der Waals surface area contributed by atoms with E-state index < -0.39 is 12.0 Å². The maximum Gasteiger partial charge on any atom is 0.338 e. The number of thiazole rings is 1. The Bertz CT molecular complexity index is 2140. The van der Waals surface area contributed by atoms with E-state index in [-0.39, 0.29) is 18.0 Å². The van der Waals surface area contributed by atoms with Gasteiger partial charge in [-0.3, -0.25) is 9.36 Å². The number of aryl methyl sites for hydroxylation is 2. The van der Waals surface area contributed by atoms with E-state index in [0.717, 1.165) is 39.3 Å². The van der Waals surface area contributed by atoms with Gasteiger partial charge in [-0.25, -0.2) is 14.2 Å². The number of benzene rings is 3. The van der Waals surface area contributed by atoms with E-state index >= 15 is 0 Å². The Hall–Kier alpha value is -5.02. The number of halogens is 1. The van der Waals surface area contributed by atoms with Crippen molar-refractivity contribution in [1.82, 2.24) is 9.13 Å². The number of fused-ring (bicyclic) bond motifs is 1. The van der Waals surface area contributed by atoms with Crippen LogP contribution in [-0.4, -0.2) is 21.7 Å². The van der Waals surface area contributed by atoms with E-state index in [1.54, 1.807) is 30.5 Å². The third-order valence-corrected chi connectivity index (χ3v) is 9.06. The molecule has 0 saturated carbocycles. The average Bonchev–Trinajstić information content (AvgIpc) is 3.50. The molecular formula is C37H34FN3O4S. The number of allylic oxidation sites excluding steroid dienone is 1. The maximum absolute atomic E-state index is 14.1. The summed E-state index contributed by atoms with van der Waals surface area (Å²) in [5.74, 6) is -0.0423. The Kier molecular flexibility index (Phi) is 8.60. The Balaban J connectivity index is 1.34. The van der Waals surface area contributed by atoms with Crippen LogP contribution in [0.1, 0.15) is 53.5 Å². The number of carbonyl (C=O) groups is 1. The van der Waals surface area contributed by atoms with Crippen molar-refractivity contribution in [3.63, 3.8) is 0 Å². The molecule has 0 saturated heterocycles. The summed E-state index contributed by atoms with van der Waals surface area (Å²) in [4.78, 5) is 32.4. The number of hydrogen-bond acceptors (Lipinski definition) is 6.